The lowest BCUT2D eigenvalue weighted by Gasteiger charge is -2.04. The van der Waals surface area contributed by atoms with Crippen molar-refractivity contribution in [1.29, 1.82) is 0 Å². The smallest absolute Gasteiger partial charge is 0.253 e. The highest BCUT2D eigenvalue weighted by Crippen LogP contribution is 2.12. The fourth-order valence-corrected chi connectivity index (χ4v) is 4.55. The lowest BCUT2D eigenvalue weighted by atomic mass is 10.1. The number of imidazole rings is 1. The van der Waals surface area contributed by atoms with Crippen LogP contribution in [0.2, 0.25) is 0 Å². The predicted molar refractivity (Wildman–Crippen MR) is 133 cm³/mol. The zero-order valence-electron chi connectivity index (χ0n) is 21.5. The Labute approximate surface area is 202 Å². The zero-order chi connectivity index (χ0) is 21.7. The van der Waals surface area contributed by atoms with E-state index in [4.69, 9.17) is 0 Å². The summed E-state index contributed by atoms with van der Waals surface area (Å²) < 4.78 is 4.95. The molecule has 1 aromatic rings. The van der Waals surface area contributed by atoms with Crippen molar-refractivity contribution in [3.05, 3.63) is 18.2 Å². The Kier molecular flexibility index (Phi) is 22.3. The molecule has 1 rings (SSSR count). The standard InChI is InChI=1S/C28H55N2.ClH/c1-4-6-8-10-12-14-16-18-20-22-24-29-26-27-30(28(29)3)25-23-21-19-17-15-13-11-9-7-5-2;/h26-27H,4-25H2,1-3H3;1H/q+1;/p-1. The van der Waals surface area contributed by atoms with Gasteiger partial charge in [-0.2, -0.15) is 0 Å². The van der Waals surface area contributed by atoms with E-state index in [2.05, 4.69) is 42.3 Å². The molecule has 0 atom stereocenters. The van der Waals surface area contributed by atoms with Gasteiger partial charge in [0.2, 0.25) is 0 Å². The van der Waals surface area contributed by atoms with Crippen LogP contribution in [-0.4, -0.2) is 4.57 Å². The number of unbranched alkanes of at least 4 members (excludes halogenated alkanes) is 18. The number of hydrogen-bond donors (Lipinski definition) is 0. The van der Waals surface area contributed by atoms with Crippen molar-refractivity contribution in [2.45, 2.75) is 162 Å². The second-order valence-electron chi connectivity index (χ2n) is 9.60. The molecule has 184 valence electrons. The lowest BCUT2D eigenvalue weighted by Crippen LogP contribution is -3.00. The lowest BCUT2D eigenvalue weighted by molar-refractivity contribution is -0.702. The van der Waals surface area contributed by atoms with E-state index in [1.807, 2.05) is 0 Å². The molecule has 1 aromatic heterocycles. The van der Waals surface area contributed by atoms with Crippen LogP contribution in [0.3, 0.4) is 0 Å². The molecular weight excluding hydrogens is 400 g/mol. The van der Waals surface area contributed by atoms with E-state index in [1.165, 1.54) is 147 Å². The highest BCUT2D eigenvalue weighted by atomic mass is 35.5. The van der Waals surface area contributed by atoms with Gasteiger partial charge in [-0.15, -0.1) is 0 Å². The molecule has 0 aliphatic rings. The molecule has 31 heavy (non-hydrogen) atoms. The van der Waals surface area contributed by atoms with E-state index in [0.29, 0.717) is 0 Å². The first-order valence-electron chi connectivity index (χ1n) is 13.8. The molecular formula is C28H55ClN2. The van der Waals surface area contributed by atoms with Crippen molar-refractivity contribution >= 4 is 0 Å². The molecule has 3 heteroatoms. The van der Waals surface area contributed by atoms with Gasteiger partial charge in [-0.1, -0.05) is 117 Å². The molecule has 0 aromatic carbocycles. The van der Waals surface area contributed by atoms with Gasteiger partial charge in [-0.05, 0) is 25.7 Å². The number of aryl methyl sites for hydroxylation is 2. The number of aromatic nitrogens is 2. The SMILES string of the molecule is CCCCCCCCCCCCn1cc[n+](CCCCCCCCCCCC)c1C.[Cl-]. The van der Waals surface area contributed by atoms with Crippen molar-refractivity contribution < 1.29 is 17.0 Å². The molecule has 0 bridgehead atoms. The van der Waals surface area contributed by atoms with Gasteiger partial charge in [0.25, 0.3) is 5.82 Å². The van der Waals surface area contributed by atoms with Gasteiger partial charge in [-0.3, -0.25) is 0 Å². The summed E-state index contributed by atoms with van der Waals surface area (Å²) in [4.78, 5) is 0. The van der Waals surface area contributed by atoms with E-state index in [1.54, 1.807) is 0 Å². The van der Waals surface area contributed by atoms with E-state index < -0.39 is 0 Å². The number of halogens is 1. The van der Waals surface area contributed by atoms with Crippen LogP contribution in [0.1, 0.15) is 148 Å². The van der Waals surface area contributed by atoms with Crippen molar-refractivity contribution in [2.75, 3.05) is 0 Å². The maximum Gasteiger partial charge on any atom is 0.253 e. The van der Waals surface area contributed by atoms with Crippen molar-refractivity contribution in [1.82, 2.24) is 4.57 Å². The van der Waals surface area contributed by atoms with Gasteiger partial charge < -0.3 is 12.4 Å². The van der Waals surface area contributed by atoms with Crippen LogP contribution in [0.15, 0.2) is 12.4 Å². The summed E-state index contributed by atoms with van der Waals surface area (Å²) in [7, 11) is 0. The molecule has 0 saturated carbocycles. The summed E-state index contributed by atoms with van der Waals surface area (Å²) in [6.45, 7) is 9.30. The molecule has 2 nitrogen and oxygen atoms in total. The summed E-state index contributed by atoms with van der Waals surface area (Å²) in [5.74, 6) is 1.45. The summed E-state index contributed by atoms with van der Waals surface area (Å²) >= 11 is 0. The van der Waals surface area contributed by atoms with Crippen LogP contribution >= 0.6 is 0 Å². The average molecular weight is 455 g/mol. The van der Waals surface area contributed by atoms with Crippen LogP contribution < -0.4 is 17.0 Å². The Bertz CT molecular complexity index is 442. The minimum Gasteiger partial charge on any atom is -1.00 e. The van der Waals surface area contributed by atoms with Crippen LogP contribution in [0.25, 0.3) is 0 Å². The van der Waals surface area contributed by atoms with E-state index >= 15 is 0 Å². The number of hydrogen-bond acceptors (Lipinski definition) is 0. The Balaban J connectivity index is 0.00000900. The van der Waals surface area contributed by atoms with Gasteiger partial charge in [0.1, 0.15) is 12.4 Å². The predicted octanol–water partition coefficient (Wildman–Crippen LogP) is 5.93. The Morgan fingerprint density at radius 3 is 1.42 bits per heavy atom. The quantitative estimate of drug-likeness (QED) is 0.151. The summed E-state index contributed by atoms with van der Waals surface area (Å²) in [6.07, 6.45) is 33.0. The summed E-state index contributed by atoms with van der Waals surface area (Å²) in [5, 5.41) is 0. The minimum absolute atomic E-state index is 0. The third kappa shape index (κ3) is 16.7. The summed E-state index contributed by atoms with van der Waals surface area (Å²) in [6, 6.07) is 0. The normalized spacial score (nSPS) is 11.1. The maximum atomic E-state index is 2.47. The van der Waals surface area contributed by atoms with Crippen LogP contribution in [0, 0.1) is 6.92 Å². The van der Waals surface area contributed by atoms with Gasteiger partial charge >= 0.3 is 0 Å². The third-order valence-electron chi connectivity index (χ3n) is 6.76. The van der Waals surface area contributed by atoms with E-state index in [0.717, 1.165) is 0 Å². The molecule has 0 spiro atoms. The fraction of sp³-hybridized carbons (Fsp3) is 0.893. The van der Waals surface area contributed by atoms with Crippen LogP contribution in [-0.2, 0) is 13.1 Å². The molecule has 0 amide bonds. The Morgan fingerprint density at radius 1 is 0.581 bits per heavy atom. The Hall–Kier alpha value is -0.500. The van der Waals surface area contributed by atoms with Crippen LogP contribution in [0.5, 0.6) is 0 Å². The van der Waals surface area contributed by atoms with Crippen molar-refractivity contribution in [2.24, 2.45) is 0 Å². The monoisotopic (exact) mass is 454 g/mol. The Morgan fingerprint density at radius 2 is 0.968 bits per heavy atom. The highest BCUT2D eigenvalue weighted by Gasteiger charge is 2.11. The highest BCUT2D eigenvalue weighted by molar-refractivity contribution is 4.79. The number of nitrogens with zero attached hydrogens (tertiary/aromatic N) is 2. The first-order valence-corrected chi connectivity index (χ1v) is 13.8. The average Bonchev–Trinajstić information content (AvgIpc) is 3.10. The summed E-state index contributed by atoms with van der Waals surface area (Å²) in [5.41, 5.74) is 0. The third-order valence-corrected chi connectivity index (χ3v) is 6.76. The zero-order valence-corrected chi connectivity index (χ0v) is 22.2. The fourth-order valence-electron chi connectivity index (χ4n) is 4.55. The molecule has 0 saturated heterocycles. The topological polar surface area (TPSA) is 8.81 Å². The molecule has 0 aliphatic heterocycles. The van der Waals surface area contributed by atoms with E-state index in [-0.39, 0.29) is 12.4 Å². The molecule has 0 N–H and O–H groups in total. The van der Waals surface area contributed by atoms with Gasteiger partial charge in [0.15, 0.2) is 0 Å². The number of rotatable bonds is 22. The molecule has 0 radical (unpaired) electrons. The molecule has 0 fully saturated rings. The second kappa shape index (κ2) is 22.7. The molecule has 1 heterocycles. The van der Waals surface area contributed by atoms with Crippen molar-refractivity contribution in [3.8, 4) is 0 Å². The first-order chi connectivity index (χ1) is 14.8. The minimum atomic E-state index is 0. The van der Waals surface area contributed by atoms with Crippen LogP contribution in [0.4, 0.5) is 0 Å². The van der Waals surface area contributed by atoms with E-state index in [9.17, 15) is 0 Å². The van der Waals surface area contributed by atoms with Crippen molar-refractivity contribution in [3.63, 3.8) is 0 Å². The second-order valence-corrected chi connectivity index (χ2v) is 9.60. The largest absolute Gasteiger partial charge is 1.00 e. The van der Waals surface area contributed by atoms with Gasteiger partial charge in [0.05, 0.1) is 13.1 Å². The molecule has 0 aliphatic carbocycles. The first kappa shape index (κ1) is 30.5. The van der Waals surface area contributed by atoms with Gasteiger partial charge in [0, 0.05) is 6.92 Å². The van der Waals surface area contributed by atoms with Gasteiger partial charge in [-0.25, -0.2) is 9.13 Å². The maximum absolute atomic E-state index is 2.47. The molecule has 0 unspecified atom stereocenters.